The lowest BCUT2D eigenvalue weighted by molar-refractivity contribution is 0.199. The Labute approximate surface area is 87.3 Å². The van der Waals surface area contributed by atoms with Crippen LogP contribution in [0.3, 0.4) is 0 Å². The van der Waals surface area contributed by atoms with Crippen molar-refractivity contribution in [3.05, 3.63) is 24.2 Å². The fraction of sp³-hybridized carbons (Fsp3) is 0.444. The average molecular weight is 207 g/mol. The van der Waals surface area contributed by atoms with Gasteiger partial charge in [-0.05, 0) is 12.1 Å². The normalized spacial score (nSPS) is 11.0. The van der Waals surface area contributed by atoms with Crippen LogP contribution < -0.4 is 5.32 Å². The number of rotatable bonds is 5. The largest absolute Gasteiger partial charge is 0.383 e. The molecule has 2 aromatic heterocycles. The van der Waals surface area contributed by atoms with Crippen molar-refractivity contribution in [2.24, 2.45) is 0 Å². The third kappa shape index (κ3) is 2.28. The second-order valence-electron chi connectivity index (χ2n) is 3.08. The van der Waals surface area contributed by atoms with Crippen molar-refractivity contribution >= 4 is 5.65 Å². The molecule has 2 rings (SSSR count). The van der Waals surface area contributed by atoms with Gasteiger partial charge in [0.1, 0.15) is 0 Å². The number of nitrogens with one attached hydrogen (secondary N) is 1. The quantitative estimate of drug-likeness (QED) is 0.691. The van der Waals surface area contributed by atoms with Crippen molar-refractivity contribution in [3.8, 4) is 0 Å². The summed E-state index contributed by atoms with van der Waals surface area (Å²) in [6.45, 7) is 2.12. The van der Waals surface area contributed by atoms with Crippen molar-refractivity contribution in [2.45, 2.75) is 6.54 Å². The number of ether oxygens (including phenoxy) is 1. The maximum absolute atomic E-state index is 4.93. The van der Waals surface area contributed by atoms with Crippen molar-refractivity contribution < 1.29 is 4.74 Å². The van der Waals surface area contributed by atoms with Gasteiger partial charge in [-0.2, -0.15) is 9.61 Å². The Balaban J connectivity index is 2.02. The number of nitrogens with zero attached hydrogens (tertiary/aromatic N) is 4. The second-order valence-corrected chi connectivity index (χ2v) is 3.08. The Kier molecular flexibility index (Phi) is 3.21. The van der Waals surface area contributed by atoms with Gasteiger partial charge in [0.15, 0.2) is 11.5 Å². The maximum atomic E-state index is 4.93. The molecule has 0 unspecified atom stereocenters. The van der Waals surface area contributed by atoms with Crippen molar-refractivity contribution in [1.29, 1.82) is 0 Å². The first kappa shape index (κ1) is 10.0. The molecule has 0 saturated heterocycles. The third-order valence-electron chi connectivity index (χ3n) is 2.01. The molecule has 0 spiro atoms. The first-order valence-corrected chi connectivity index (χ1v) is 4.77. The van der Waals surface area contributed by atoms with E-state index >= 15 is 0 Å². The highest BCUT2D eigenvalue weighted by molar-refractivity contribution is 5.34. The zero-order valence-corrected chi connectivity index (χ0v) is 8.55. The second kappa shape index (κ2) is 4.81. The molecule has 0 bridgehead atoms. The minimum atomic E-state index is 0.640. The lowest BCUT2D eigenvalue weighted by Gasteiger charge is -2.01. The van der Waals surface area contributed by atoms with Crippen LogP contribution in [0.25, 0.3) is 5.65 Å². The molecular formula is C9H13N5O. The van der Waals surface area contributed by atoms with E-state index in [2.05, 4.69) is 20.6 Å². The summed E-state index contributed by atoms with van der Waals surface area (Å²) < 4.78 is 6.65. The molecule has 2 heterocycles. The Morgan fingerprint density at radius 1 is 1.47 bits per heavy atom. The van der Waals surface area contributed by atoms with Crippen LogP contribution in [0.4, 0.5) is 0 Å². The molecule has 2 aromatic rings. The van der Waals surface area contributed by atoms with Crippen LogP contribution in [0.2, 0.25) is 0 Å². The van der Waals surface area contributed by atoms with Crippen LogP contribution in [-0.2, 0) is 11.3 Å². The molecule has 6 heteroatoms. The van der Waals surface area contributed by atoms with Gasteiger partial charge in [0.25, 0.3) is 0 Å². The predicted octanol–water partition coefficient (Wildman–Crippen LogP) is -0.140. The molecule has 6 nitrogen and oxygen atoms in total. The van der Waals surface area contributed by atoms with E-state index in [9.17, 15) is 0 Å². The lowest BCUT2D eigenvalue weighted by Crippen LogP contribution is -2.20. The topological polar surface area (TPSA) is 64.3 Å². The molecule has 0 aliphatic heterocycles. The number of fused-ring (bicyclic) bond motifs is 1. The van der Waals surface area contributed by atoms with Gasteiger partial charge in [0.2, 0.25) is 0 Å². The molecule has 0 radical (unpaired) electrons. The SMILES string of the molecule is COCCNCc1nnc2cccnn12. The van der Waals surface area contributed by atoms with Gasteiger partial charge >= 0.3 is 0 Å². The Morgan fingerprint density at radius 2 is 2.40 bits per heavy atom. The monoisotopic (exact) mass is 207 g/mol. The van der Waals surface area contributed by atoms with E-state index in [0.29, 0.717) is 13.2 Å². The van der Waals surface area contributed by atoms with Crippen LogP contribution >= 0.6 is 0 Å². The summed E-state index contributed by atoms with van der Waals surface area (Å²) in [6, 6.07) is 3.71. The van der Waals surface area contributed by atoms with Crippen LogP contribution in [0.15, 0.2) is 18.3 Å². The Bertz CT molecular complexity index is 427. The van der Waals surface area contributed by atoms with Gasteiger partial charge in [-0.3, -0.25) is 0 Å². The van der Waals surface area contributed by atoms with Gasteiger partial charge < -0.3 is 10.1 Å². The van der Waals surface area contributed by atoms with Gasteiger partial charge in [0, 0.05) is 19.9 Å². The zero-order valence-electron chi connectivity index (χ0n) is 8.55. The van der Waals surface area contributed by atoms with E-state index in [1.807, 2.05) is 12.1 Å². The number of methoxy groups -OCH3 is 1. The highest BCUT2D eigenvalue weighted by Crippen LogP contribution is 1.99. The molecule has 0 aromatic carbocycles. The van der Waals surface area contributed by atoms with Crippen molar-refractivity contribution in [3.63, 3.8) is 0 Å². The lowest BCUT2D eigenvalue weighted by atomic mass is 10.5. The molecule has 0 saturated carbocycles. The van der Waals surface area contributed by atoms with Crippen molar-refractivity contribution in [2.75, 3.05) is 20.3 Å². The van der Waals surface area contributed by atoms with Gasteiger partial charge in [0.05, 0.1) is 13.2 Å². The maximum Gasteiger partial charge on any atom is 0.177 e. The molecule has 0 atom stereocenters. The van der Waals surface area contributed by atoms with E-state index < -0.39 is 0 Å². The molecule has 15 heavy (non-hydrogen) atoms. The number of aromatic nitrogens is 4. The third-order valence-corrected chi connectivity index (χ3v) is 2.01. The highest BCUT2D eigenvalue weighted by atomic mass is 16.5. The fourth-order valence-electron chi connectivity index (χ4n) is 1.27. The predicted molar refractivity (Wildman–Crippen MR) is 54.4 cm³/mol. The van der Waals surface area contributed by atoms with E-state index in [0.717, 1.165) is 18.0 Å². The van der Waals surface area contributed by atoms with Crippen LogP contribution in [0.1, 0.15) is 5.82 Å². The summed E-state index contributed by atoms with van der Waals surface area (Å²) in [5.41, 5.74) is 0.765. The van der Waals surface area contributed by atoms with Gasteiger partial charge in [-0.25, -0.2) is 0 Å². The van der Waals surface area contributed by atoms with Gasteiger partial charge in [-0.15, -0.1) is 10.2 Å². The highest BCUT2D eigenvalue weighted by Gasteiger charge is 2.03. The molecule has 0 aliphatic carbocycles. The van der Waals surface area contributed by atoms with Crippen LogP contribution in [0, 0.1) is 0 Å². The minimum absolute atomic E-state index is 0.640. The average Bonchev–Trinajstić information content (AvgIpc) is 2.68. The summed E-state index contributed by atoms with van der Waals surface area (Å²) in [5, 5.41) is 15.4. The first-order chi connectivity index (χ1) is 7.42. The molecular weight excluding hydrogens is 194 g/mol. The summed E-state index contributed by atoms with van der Waals surface area (Å²) in [7, 11) is 1.68. The fourth-order valence-corrected chi connectivity index (χ4v) is 1.27. The summed E-state index contributed by atoms with van der Waals surface area (Å²) in [4.78, 5) is 0. The summed E-state index contributed by atoms with van der Waals surface area (Å²) >= 11 is 0. The first-order valence-electron chi connectivity index (χ1n) is 4.77. The minimum Gasteiger partial charge on any atom is -0.383 e. The molecule has 1 N–H and O–H groups in total. The molecule has 0 amide bonds. The Hall–Kier alpha value is -1.53. The summed E-state index contributed by atoms with van der Waals surface area (Å²) in [5.74, 6) is 0.807. The standard InChI is InChI=1S/C9H13N5O/c1-15-6-5-10-7-9-13-12-8-3-2-4-11-14(8)9/h2-4,10H,5-7H2,1H3. The van der Waals surface area contributed by atoms with E-state index in [-0.39, 0.29) is 0 Å². The zero-order chi connectivity index (χ0) is 10.5. The molecule has 0 fully saturated rings. The van der Waals surface area contributed by atoms with Gasteiger partial charge in [-0.1, -0.05) is 0 Å². The smallest absolute Gasteiger partial charge is 0.177 e. The number of hydrogen-bond donors (Lipinski definition) is 1. The molecule has 0 aliphatic rings. The number of hydrogen-bond acceptors (Lipinski definition) is 5. The van der Waals surface area contributed by atoms with E-state index in [4.69, 9.17) is 4.74 Å². The van der Waals surface area contributed by atoms with Crippen LogP contribution in [-0.4, -0.2) is 40.1 Å². The van der Waals surface area contributed by atoms with Crippen LogP contribution in [0.5, 0.6) is 0 Å². The summed E-state index contributed by atoms with van der Waals surface area (Å²) in [6.07, 6.45) is 1.72. The van der Waals surface area contributed by atoms with E-state index in [1.54, 1.807) is 17.8 Å². The van der Waals surface area contributed by atoms with Crippen molar-refractivity contribution in [1.82, 2.24) is 25.1 Å². The Morgan fingerprint density at radius 3 is 3.27 bits per heavy atom. The van der Waals surface area contributed by atoms with E-state index in [1.165, 1.54) is 0 Å². The molecule has 80 valence electrons.